The van der Waals surface area contributed by atoms with E-state index in [9.17, 15) is 13.9 Å². The topological polar surface area (TPSA) is 46.2 Å². The highest BCUT2D eigenvalue weighted by molar-refractivity contribution is 5.23. The molecule has 1 saturated carbocycles. The number of hydrogen-bond donors (Lipinski definition) is 2. The molecule has 1 fully saturated rings. The van der Waals surface area contributed by atoms with Gasteiger partial charge in [-0.3, -0.25) is 0 Å². The summed E-state index contributed by atoms with van der Waals surface area (Å²) in [5.74, 6) is -1.15. The monoisotopic (exact) mass is 297 g/mol. The number of rotatable bonds is 5. The SMILES string of the molecule is NCC(c1cc(F)cc(F)c1)C(O)CC1CCCCCC1. The molecule has 1 aliphatic carbocycles. The Bertz CT molecular complexity index is 424. The first kappa shape index (κ1) is 16.4. The second-order valence-corrected chi connectivity index (χ2v) is 6.21. The zero-order chi connectivity index (χ0) is 15.2. The molecule has 0 aliphatic heterocycles. The summed E-state index contributed by atoms with van der Waals surface area (Å²) in [7, 11) is 0. The van der Waals surface area contributed by atoms with Crippen molar-refractivity contribution in [3.63, 3.8) is 0 Å². The summed E-state index contributed by atoms with van der Waals surface area (Å²) in [6.07, 6.45) is 7.24. The summed E-state index contributed by atoms with van der Waals surface area (Å²) in [4.78, 5) is 0. The van der Waals surface area contributed by atoms with Crippen molar-refractivity contribution in [1.82, 2.24) is 0 Å². The third-order valence-corrected chi connectivity index (χ3v) is 4.58. The van der Waals surface area contributed by atoms with E-state index in [0.29, 0.717) is 17.9 Å². The number of halogens is 2. The largest absolute Gasteiger partial charge is 0.392 e. The molecular formula is C17H25F2NO. The molecule has 4 heteroatoms. The standard InChI is InChI=1S/C17H25F2NO/c18-14-8-13(9-15(19)10-14)16(11-20)17(21)7-12-5-3-1-2-4-6-12/h8-10,12,16-17,21H,1-7,11,20H2. The Kier molecular flexibility index (Phi) is 6.12. The van der Waals surface area contributed by atoms with Gasteiger partial charge in [0.15, 0.2) is 0 Å². The molecule has 21 heavy (non-hydrogen) atoms. The molecule has 1 aliphatic rings. The van der Waals surface area contributed by atoms with Crippen LogP contribution in [0.5, 0.6) is 0 Å². The number of nitrogens with two attached hydrogens (primary N) is 1. The van der Waals surface area contributed by atoms with E-state index in [2.05, 4.69) is 0 Å². The summed E-state index contributed by atoms with van der Waals surface area (Å²) in [5.41, 5.74) is 6.19. The fourth-order valence-corrected chi connectivity index (χ4v) is 3.41. The van der Waals surface area contributed by atoms with Crippen molar-refractivity contribution in [3.05, 3.63) is 35.4 Å². The van der Waals surface area contributed by atoms with Crippen LogP contribution in [-0.4, -0.2) is 17.8 Å². The molecule has 1 aromatic rings. The summed E-state index contributed by atoms with van der Waals surface area (Å²) < 4.78 is 26.7. The van der Waals surface area contributed by atoms with Gasteiger partial charge < -0.3 is 10.8 Å². The van der Waals surface area contributed by atoms with Gasteiger partial charge in [-0.2, -0.15) is 0 Å². The molecule has 0 amide bonds. The molecule has 0 aromatic heterocycles. The second-order valence-electron chi connectivity index (χ2n) is 6.21. The Labute approximate surface area is 125 Å². The van der Waals surface area contributed by atoms with E-state index < -0.39 is 23.7 Å². The van der Waals surface area contributed by atoms with Gasteiger partial charge in [-0.25, -0.2) is 8.78 Å². The van der Waals surface area contributed by atoms with Gasteiger partial charge in [-0.1, -0.05) is 38.5 Å². The fraction of sp³-hybridized carbons (Fsp3) is 0.647. The average molecular weight is 297 g/mol. The summed E-state index contributed by atoms with van der Waals surface area (Å²) in [6, 6.07) is 3.39. The molecule has 0 heterocycles. The van der Waals surface area contributed by atoms with E-state index in [1.165, 1.54) is 37.8 Å². The summed E-state index contributed by atoms with van der Waals surface area (Å²) in [5, 5.41) is 10.5. The minimum atomic E-state index is -0.640. The zero-order valence-corrected chi connectivity index (χ0v) is 12.4. The van der Waals surface area contributed by atoms with Gasteiger partial charge >= 0.3 is 0 Å². The Hall–Kier alpha value is -1.00. The molecule has 0 spiro atoms. The second kappa shape index (κ2) is 7.85. The van der Waals surface area contributed by atoms with Crippen LogP contribution in [0.2, 0.25) is 0 Å². The Morgan fingerprint density at radius 3 is 2.14 bits per heavy atom. The molecule has 2 nitrogen and oxygen atoms in total. The van der Waals surface area contributed by atoms with E-state index in [4.69, 9.17) is 5.73 Å². The maximum Gasteiger partial charge on any atom is 0.126 e. The molecule has 2 atom stereocenters. The van der Waals surface area contributed by atoms with Gasteiger partial charge in [0.1, 0.15) is 11.6 Å². The Balaban J connectivity index is 2.04. The summed E-state index contributed by atoms with van der Waals surface area (Å²) >= 11 is 0. The van der Waals surface area contributed by atoms with E-state index >= 15 is 0 Å². The van der Waals surface area contributed by atoms with Gasteiger partial charge in [0, 0.05) is 18.5 Å². The molecule has 1 aromatic carbocycles. The van der Waals surface area contributed by atoms with Crippen LogP contribution >= 0.6 is 0 Å². The van der Waals surface area contributed by atoms with Crippen molar-refractivity contribution in [3.8, 4) is 0 Å². The highest BCUT2D eigenvalue weighted by atomic mass is 19.1. The molecular weight excluding hydrogens is 272 g/mol. The molecule has 118 valence electrons. The van der Waals surface area contributed by atoms with Crippen LogP contribution in [0.25, 0.3) is 0 Å². The van der Waals surface area contributed by atoms with Crippen LogP contribution in [0, 0.1) is 17.6 Å². The van der Waals surface area contributed by atoms with E-state index in [0.717, 1.165) is 18.9 Å². The predicted octanol–water partition coefficient (Wildman–Crippen LogP) is 3.73. The third kappa shape index (κ3) is 4.75. The minimum Gasteiger partial charge on any atom is -0.392 e. The Morgan fingerprint density at radius 1 is 1.05 bits per heavy atom. The molecule has 0 bridgehead atoms. The van der Waals surface area contributed by atoms with Crippen LogP contribution in [0.15, 0.2) is 18.2 Å². The lowest BCUT2D eigenvalue weighted by Crippen LogP contribution is -2.28. The maximum atomic E-state index is 13.3. The molecule has 0 radical (unpaired) electrons. The quantitative estimate of drug-likeness (QED) is 0.814. The third-order valence-electron chi connectivity index (χ3n) is 4.58. The number of aliphatic hydroxyl groups is 1. The van der Waals surface area contributed by atoms with Crippen molar-refractivity contribution < 1.29 is 13.9 Å². The molecule has 0 saturated heterocycles. The first-order valence-electron chi connectivity index (χ1n) is 7.94. The van der Waals surface area contributed by atoms with Gasteiger partial charge in [-0.15, -0.1) is 0 Å². The van der Waals surface area contributed by atoms with Crippen LogP contribution < -0.4 is 5.73 Å². The van der Waals surface area contributed by atoms with Crippen molar-refractivity contribution in [2.45, 2.75) is 57.0 Å². The lowest BCUT2D eigenvalue weighted by atomic mass is 9.85. The van der Waals surface area contributed by atoms with Gasteiger partial charge in [0.2, 0.25) is 0 Å². The van der Waals surface area contributed by atoms with Crippen molar-refractivity contribution in [2.24, 2.45) is 11.7 Å². The van der Waals surface area contributed by atoms with Gasteiger partial charge in [0.05, 0.1) is 6.10 Å². The van der Waals surface area contributed by atoms with Crippen molar-refractivity contribution in [1.29, 1.82) is 0 Å². The zero-order valence-electron chi connectivity index (χ0n) is 12.4. The smallest absolute Gasteiger partial charge is 0.126 e. The van der Waals surface area contributed by atoms with Crippen LogP contribution in [0.1, 0.15) is 56.4 Å². The van der Waals surface area contributed by atoms with Crippen molar-refractivity contribution >= 4 is 0 Å². The molecule has 2 unspecified atom stereocenters. The van der Waals surface area contributed by atoms with Gasteiger partial charge in [-0.05, 0) is 30.0 Å². The normalized spacial score (nSPS) is 20.0. The maximum absolute atomic E-state index is 13.3. The summed E-state index contributed by atoms with van der Waals surface area (Å²) in [6.45, 7) is 0.191. The van der Waals surface area contributed by atoms with Crippen molar-refractivity contribution in [2.75, 3.05) is 6.54 Å². The average Bonchev–Trinajstić information content (AvgIpc) is 2.67. The minimum absolute atomic E-state index is 0.191. The predicted molar refractivity (Wildman–Crippen MR) is 80.0 cm³/mol. The van der Waals surface area contributed by atoms with Gasteiger partial charge in [0.25, 0.3) is 0 Å². The number of hydrogen-bond acceptors (Lipinski definition) is 2. The van der Waals surface area contributed by atoms with E-state index in [1.807, 2.05) is 0 Å². The lowest BCUT2D eigenvalue weighted by molar-refractivity contribution is 0.111. The molecule has 2 rings (SSSR count). The first-order chi connectivity index (χ1) is 10.1. The highest BCUT2D eigenvalue weighted by Crippen LogP contribution is 2.31. The lowest BCUT2D eigenvalue weighted by Gasteiger charge is -2.26. The first-order valence-corrected chi connectivity index (χ1v) is 7.94. The van der Waals surface area contributed by atoms with Crippen LogP contribution in [-0.2, 0) is 0 Å². The highest BCUT2D eigenvalue weighted by Gasteiger charge is 2.25. The number of benzene rings is 1. The van der Waals surface area contributed by atoms with Crippen LogP contribution in [0.4, 0.5) is 8.78 Å². The van der Waals surface area contributed by atoms with Crippen LogP contribution in [0.3, 0.4) is 0 Å². The fourth-order valence-electron chi connectivity index (χ4n) is 3.41. The Morgan fingerprint density at radius 2 is 1.62 bits per heavy atom. The van der Waals surface area contributed by atoms with E-state index in [-0.39, 0.29) is 6.54 Å². The van der Waals surface area contributed by atoms with E-state index in [1.54, 1.807) is 0 Å². The molecule has 3 N–H and O–H groups in total. The number of aliphatic hydroxyl groups excluding tert-OH is 1.